The Morgan fingerprint density at radius 2 is 2.18 bits per heavy atom. The number of ether oxygens (including phenoxy) is 1. The predicted molar refractivity (Wildman–Crippen MR) is 90.9 cm³/mol. The molecule has 6 nitrogen and oxygen atoms in total. The lowest BCUT2D eigenvalue weighted by molar-refractivity contribution is -0.0238. The summed E-state index contributed by atoms with van der Waals surface area (Å²) in [5.74, 6) is 0. The number of aromatic amines is 1. The van der Waals surface area contributed by atoms with E-state index in [1.807, 2.05) is 0 Å². The van der Waals surface area contributed by atoms with Gasteiger partial charge in [0.1, 0.15) is 6.23 Å². The molecule has 0 aliphatic carbocycles. The van der Waals surface area contributed by atoms with Crippen molar-refractivity contribution in [3.8, 4) is 0 Å². The standard InChI is InChI=1S/C11H13Cl3N2O4S2/c1-5-3-16(10(19)15-9(5)18)8-2-7(6(4-17)20-8)21-22-11(12,13)14/h3,6-8,17H,2,4H2,1H3,(H,15,18,19)/t6-,7?,8?/m1/s1. The molecule has 0 radical (unpaired) electrons. The van der Waals surface area contributed by atoms with Gasteiger partial charge in [0.15, 0.2) is 0 Å². The van der Waals surface area contributed by atoms with Crippen molar-refractivity contribution in [2.45, 2.75) is 34.1 Å². The quantitative estimate of drug-likeness (QED) is 0.588. The monoisotopic (exact) mass is 406 g/mol. The molecule has 2 heterocycles. The van der Waals surface area contributed by atoms with Crippen molar-refractivity contribution in [3.63, 3.8) is 0 Å². The molecule has 0 amide bonds. The molecule has 0 spiro atoms. The van der Waals surface area contributed by atoms with Crippen molar-refractivity contribution in [3.05, 3.63) is 32.6 Å². The van der Waals surface area contributed by atoms with E-state index in [-0.39, 0.29) is 11.9 Å². The first-order valence-corrected chi connectivity index (χ1v) is 9.55. The molecule has 2 unspecified atom stereocenters. The molecular weight excluding hydrogens is 395 g/mol. The number of halogens is 3. The summed E-state index contributed by atoms with van der Waals surface area (Å²) in [5, 5.41) is 9.25. The van der Waals surface area contributed by atoms with Crippen LogP contribution < -0.4 is 11.2 Å². The summed E-state index contributed by atoms with van der Waals surface area (Å²) in [6.45, 7) is 1.38. The fourth-order valence-electron chi connectivity index (χ4n) is 2.05. The summed E-state index contributed by atoms with van der Waals surface area (Å²) in [5.41, 5.74) is -0.594. The van der Waals surface area contributed by atoms with Crippen molar-refractivity contribution in [2.75, 3.05) is 6.61 Å². The predicted octanol–water partition coefficient (Wildman–Crippen LogP) is 2.20. The largest absolute Gasteiger partial charge is 0.394 e. The van der Waals surface area contributed by atoms with Crippen LogP contribution in [0.2, 0.25) is 0 Å². The second kappa shape index (κ2) is 7.38. The topological polar surface area (TPSA) is 84.3 Å². The minimum Gasteiger partial charge on any atom is -0.394 e. The highest BCUT2D eigenvalue weighted by Crippen LogP contribution is 2.51. The molecule has 1 aliphatic rings. The third-order valence-electron chi connectivity index (χ3n) is 3.08. The summed E-state index contributed by atoms with van der Waals surface area (Å²) in [7, 11) is 2.32. The normalized spacial score (nSPS) is 25.6. The molecule has 1 aliphatic heterocycles. The van der Waals surface area contributed by atoms with E-state index in [1.165, 1.54) is 21.6 Å². The van der Waals surface area contributed by atoms with Crippen LogP contribution in [0.4, 0.5) is 0 Å². The van der Waals surface area contributed by atoms with Gasteiger partial charge in [0.2, 0.25) is 3.12 Å². The maximum Gasteiger partial charge on any atom is 0.330 e. The van der Waals surface area contributed by atoms with Gasteiger partial charge < -0.3 is 9.84 Å². The number of rotatable bonds is 4. The Bertz CT molecular complexity index is 645. The second-order valence-corrected chi connectivity index (χ2v) is 10.3. The molecule has 1 fully saturated rings. The SMILES string of the molecule is Cc1cn(C2CC(SSC(Cl)(Cl)Cl)[C@@H](CO)O2)c(=O)[nH]c1=O. The summed E-state index contributed by atoms with van der Waals surface area (Å²) < 4.78 is 5.51. The zero-order chi connectivity index (χ0) is 16.5. The minimum absolute atomic E-state index is 0.158. The van der Waals surface area contributed by atoms with E-state index in [1.54, 1.807) is 6.92 Å². The summed E-state index contributed by atoms with van der Waals surface area (Å²) in [6, 6.07) is 0. The number of nitrogens with zero attached hydrogens (tertiary/aromatic N) is 1. The molecule has 1 saturated heterocycles. The summed E-state index contributed by atoms with van der Waals surface area (Å²) >= 11 is 17.1. The van der Waals surface area contributed by atoms with Gasteiger partial charge in [0, 0.05) is 23.4 Å². The summed E-state index contributed by atoms with van der Waals surface area (Å²) in [6.07, 6.45) is 0.799. The Hall–Kier alpha value is 0.170. The van der Waals surface area contributed by atoms with Gasteiger partial charge in [-0.05, 0) is 17.7 Å². The fourth-order valence-corrected chi connectivity index (χ4v) is 5.09. The van der Waals surface area contributed by atoms with Crippen LogP contribution in [0.15, 0.2) is 15.8 Å². The number of hydrogen-bond donors (Lipinski definition) is 2. The van der Waals surface area contributed by atoms with Crippen LogP contribution >= 0.6 is 56.4 Å². The zero-order valence-corrected chi connectivity index (χ0v) is 15.2. The number of nitrogens with one attached hydrogen (secondary N) is 1. The van der Waals surface area contributed by atoms with Crippen molar-refractivity contribution in [1.82, 2.24) is 9.55 Å². The molecule has 2 rings (SSSR count). The van der Waals surface area contributed by atoms with Crippen molar-refractivity contribution >= 4 is 56.4 Å². The Morgan fingerprint density at radius 1 is 1.50 bits per heavy atom. The number of alkyl halides is 3. The fraction of sp³-hybridized carbons (Fsp3) is 0.636. The van der Waals surface area contributed by atoms with E-state index < -0.39 is 26.7 Å². The molecular formula is C11H13Cl3N2O4S2. The molecule has 0 bridgehead atoms. The Kier molecular flexibility index (Phi) is 6.21. The van der Waals surface area contributed by atoms with Gasteiger partial charge in [-0.15, -0.1) is 0 Å². The molecule has 2 N–H and O–H groups in total. The third-order valence-corrected chi connectivity index (χ3v) is 7.41. The van der Waals surface area contributed by atoms with Gasteiger partial charge in [-0.2, -0.15) is 0 Å². The van der Waals surface area contributed by atoms with Crippen LogP contribution in [0.3, 0.4) is 0 Å². The number of aryl methyl sites for hydroxylation is 1. The number of aliphatic hydroxyl groups is 1. The maximum absolute atomic E-state index is 11.9. The lowest BCUT2D eigenvalue weighted by Gasteiger charge is -2.17. The van der Waals surface area contributed by atoms with Gasteiger partial charge in [-0.25, -0.2) is 4.79 Å². The van der Waals surface area contributed by atoms with Crippen molar-refractivity contribution in [1.29, 1.82) is 0 Å². The van der Waals surface area contributed by atoms with Crippen molar-refractivity contribution < 1.29 is 9.84 Å². The van der Waals surface area contributed by atoms with Crippen LogP contribution in [0.25, 0.3) is 0 Å². The zero-order valence-electron chi connectivity index (χ0n) is 11.3. The van der Waals surface area contributed by atoms with Gasteiger partial charge >= 0.3 is 5.69 Å². The summed E-state index contributed by atoms with van der Waals surface area (Å²) in [4.78, 5) is 25.5. The minimum atomic E-state index is -1.48. The van der Waals surface area contributed by atoms with E-state index in [4.69, 9.17) is 39.5 Å². The molecule has 3 atom stereocenters. The molecule has 124 valence electrons. The lowest BCUT2D eigenvalue weighted by atomic mass is 10.2. The highest BCUT2D eigenvalue weighted by atomic mass is 35.6. The Labute approximate surface area is 148 Å². The van der Waals surface area contributed by atoms with E-state index in [9.17, 15) is 14.7 Å². The molecule has 0 aromatic carbocycles. The molecule has 1 aromatic heterocycles. The Balaban J connectivity index is 2.16. The second-order valence-electron chi connectivity index (χ2n) is 4.69. The van der Waals surface area contributed by atoms with Crippen LogP contribution in [-0.4, -0.2) is 35.7 Å². The van der Waals surface area contributed by atoms with E-state index in [2.05, 4.69) is 4.98 Å². The highest BCUT2D eigenvalue weighted by Gasteiger charge is 2.38. The van der Waals surface area contributed by atoms with E-state index in [0.29, 0.717) is 12.0 Å². The van der Waals surface area contributed by atoms with E-state index in [0.717, 1.165) is 10.8 Å². The van der Waals surface area contributed by atoms with E-state index >= 15 is 0 Å². The smallest absolute Gasteiger partial charge is 0.330 e. The van der Waals surface area contributed by atoms with Crippen molar-refractivity contribution in [2.24, 2.45) is 0 Å². The maximum atomic E-state index is 11.9. The van der Waals surface area contributed by atoms with Gasteiger partial charge in [-0.3, -0.25) is 14.3 Å². The van der Waals surface area contributed by atoms with Crippen LogP contribution in [0.1, 0.15) is 18.2 Å². The Morgan fingerprint density at radius 3 is 2.77 bits per heavy atom. The first-order chi connectivity index (χ1) is 10.2. The number of hydrogen-bond acceptors (Lipinski definition) is 6. The third kappa shape index (κ3) is 4.59. The van der Waals surface area contributed by atoms with Gasteiger partial charge in [-0.1, -0.05) is 45.6 Å². The first kappa shape index (κ1) is 18.5. The number of H-pyrrole nitrogens is 1. The van der Waals surface area contributed by atoms with Crippen LogP contribution in [-0.2, 0) is 4.74 Å². The molecule has 0 saturated carbocycles. The first-order valence-electron chi connectivity index (χ1n) is 6.21. The van der Waals surface area contributed by atoms with Crippen LogP contribution in [0.5, 0.6) is 0 Å². The molecule has 11 heteroatoms. The number of aliphatic hydroxyl groups excluding tert-OH is 1. The van der Waals surface area contributed by atoms with Gasteiger partial charge in [0.05, 0.1) is 12.7 Å². The van der Waals surface area contributed by atoms with Crippen LogP contribution in [0, 0.1) is 6.92 Å². The van der Waals surface area contributed by atoms with Gasteiger partial charge in [0.25, 0.3) is 5.56 Å². The average molecular weight is 408 g/mol. The number of aromatic nitrogens is 2. The highest BCUT2D eigenvalue weighted by molar-refractivity contribution is 8.78. The molecule has 22 heavy (non-hydrogen) atoms. The molecule has 1 aromatic rings. The average Bonchev–Trinajstić information content (AvgIpc) is 2.83. The lowest BCUT2D eigenvalue weighted by Crippen LogP contribution is -2.33.